The summed E-state index contributed by atoms with van der Waals surface area (Å²) in [6.45, 7) is 0. The molecule has 5 heteroatoms. The Morgan fingerprint density at radius 3 is 2.71 bits per heavy atom. The van der Waals surface area contributed by atoms with Gasteiger partial charge in [-0.25, -0.2) is 0 Å². The fourth-order valence-electron chi connectivity index (χ4n) is 1.24. The van der Waals surface area contributed by atoms with Crippen molar-refractivity contribution < 1.29 is 5.11 Å². The number of aromatic amines is 1. The van der Waals surface area contributed by atoms with Gasteiger partial charge in [0.25, 0.3) is 0 Å². The largest absolute Gasteiger partial charge is 0.385 e. The molecular weight excluding hydrogens is 180 g/mol. The van der Waals surface area contributed by atoms with Gasteiger partial charge in [0.15, 0.2) is 0 Å². The second kappa shape index (κ2) is 3.97. The van der Waals surface area contributed by atoms with E-state index in [2.05, 4.69) is 20.6 Å². The molecule has 0 unspecified atom stereocenters. The minimum Gasteiger partial charge on any atom is -0.385 e. The fourth-order valence-corrected chi connectivity index (χ4v) is 1.24. The van der Waals surface area contributed by atoms with Crippen LogP contribution in [0.15, 0.2) is 30.3 Å². The van der Waals surface area contributed by atoms with Crippen LogP contribution in [-0.2, 0) is 6.42 Å². The molecule has 1 aromatic carbocycles. The van der Waals surface area contributed by atoms with E-state index in [1.54, 1.807) is 0 Å². The van der Waals surface area contributed by atoms with E-state index in [0.29, 0.717) is 12.2 Å². The van der Waals surface area contributed by atoms with E-state index >= 15 is 0 Å². The van der Waals surface area contributed by atoms with Crippen LogP contribution >= 0.6 is 0 Å². The van der Waals surface area contributed by atoms with Gasteiger partial charge in [0.1, 0.15) is 6.10 Å². The van der Waals surface area contributed by atoms with Crippen LogP contribution in [-0.4, -0.2) is 25.7 Å². The second-order valence-electron chi connectivity index (χ2n) is 2.98. The van der Waals surface area contributed by atoms with Crippen LogP contribution < -0.4 is 0 Å². The van der Waals surface area contributed by atoms with Gasteiger partial charge in [-0.05, 0) is 5.56 Å². The number of H-pyrrole nitrogens is 1. The molecule has 2 N–H and O–H groups in total. The smallest absolute Gasteiger partial charge is 0.203 e. The summed E-state index contributed by atoms with van der Waals surface area (Å²) in [5, 5.41) is 22.8. The van der Waals surface area contributed by atoms with Gasteiger partial charge < -0.3 is 5.11 Å². The number of aliphatic hydroxyl groups is 1. The van der Waals surface area contributed by atoms with Crippen molar-refractivity contribution in [3.63, 3.8) is 0 Å². The van der Waals surface area contributed by atoms with Crippen LogP contribution in [0.25, 0.3) is 0 Å². The highest BCUT2D eigenvalue weighted by Crippen LogP contribution is 2.12. The summed E-state index contributed by atoms with van der Waals surface area (Å²) in [7, 11) is 0. The third kappa shape index (κ3) is 1.94. The molecule has 2 rings (SSSR count). The third-order valence-electron chi connectivity index (χ3n) is 1.93. The van der Waals surface area contributed by atoms with E-state index in [1.807, 2.05) is 30.3 Å². The molecule has 72 valence electrons. The first kappa shape index (κ1) is 8.83. The molecule has 0 saturated heterocycles. The molecule has 1 aromatic heterocycles. The zero-order chi connectivity index (χ0) is 9.80. The number of aromatic nitrogens is 4. The fraction of sp³-hybridized carbons (Fsp3) is 0.222. The van der Waals surface area contributed by atoms with E-state index in [-0.39, 0.29) is 0 Å². The van der Waals surface area contributed by atoms with Crippen LogP contribution in [0.2, 0.25) is 0 Å². The summed E-state index contributed by atoms with van der Waals surface area (Å²) in [6, 6.07) is 9.69. The van der Waals surface area contributed by atoms with Crippen molar-refractivity contribution in [2.45, 2.75) is 12.5 Å². The normalized spacial score (nSPS) is 12.6. The van der Waals surface area contributed by atoms with Crippen molar-refractivity contribution >= 4 is 0 Å². The van der Waals surface area contributed by atoms with Gasteiger partial charge in [-0.15, -0.1) is 10.2 Å². The minimum atomic E-state index is -0.698. The standard InChI is InChI=1S/C9H10N4O/c14-8(9-10-12-13-11-9)6-7-4-2-1-3-5-7/h1-5,8,14H,6H2,(H,10,11,12,13)/t8-/m1/s1. The van der Waals surface area contributed by atoms with Crippen molar-refractivity contribution in [1.29, 1.82) is 0 Å². The first-order valence-corrected chi connectivity index (χ1v) is 4.31. The van der Waals surface area contributed by atoms with Gasteiger partial charge in [-0.2, -0.15) is 5.21 Å². The van der Waals surface area contributed by atoms with E-state index in [0.717, 1.165) is 5.56 Å². The topological polar surface area (TPSA) is 74.7 Å². The van der Waals surface area contributed by atoms with Gasteiger partial charge in [0.2, 0.25) is 5.82 Å². The van der Waals surface area contributed by atoms with Crippen molar-refractivity contribution in [2.24, 2.45) is 0 Å². The molecule has 0 amide bonds. The van der Waals surface area contributed by atoms with Gasteiger partial charge in [-0.3, -0.25) is 0 Å². The number of tetrazole rings is 1. The second-order valence-corrected chi connectivity index (χ2v) is 2.98. The average Bonchev–Trinajstić information content (AvgIpc) is 2.72. The minimum absolute atomic E-state index is 0.328. The Bertz CT molecular complexity index is 373. The number of hydrogen-bond donors (Lipinski definition) is 2. The van der Waals surface area contributed by atoms with Crippen LogP contribution in [0.3, 0.4) is 0 Å². The maximum Gasteiger partial charge on any atom is 0.203 e. The summed E-state index contributed by atoms with van der Waals surface area (Å²) in [5.41, 5.74) is 1.05. The molecular formula is C9H10N4O. The molecule has 0 radical (unpaired) electrons. The monoisotopic (exact) mass is 190 g/mol. The molecule has 2 aromatic rings. The van der Waals surface area contributed by atoms with E-state index < -0.39 is 6.10 Å². The zero-order valence-corrected chi connectivity index (χ0v) is 7.46. The molecule has 0 aliphatic rings. The van der Waals surface area contributed by atoms with Crippen molar-refractivity contribution in [1.82, 2.24) is 20.6 Å². The molecule has 1 atom stereocenters. The summed E-state index contributed by atoms with van der Waals surface area (Å²) < 4.78 is 0. The highest BCUT2D eigenvalue weighted by atomic mass is 16.3. The predicted octanol–water partition coefficient (Wildman–Crippen LogP) is 0.476. The molecule has 0 saturated carbocycles. The quantitative estimate of drug-likeness (QED) is 0.738. The number of aliphatic hydroxyl groups excluding tert-OH is 1. The first-order valence-electron chi connectivity index (χ1n) is 4.31. The maximum absolute atomic E-state index is 9.68. The Kier molecular flexibility index (Phi) is 2.51. The number of hydrogen-bond acceptors (Lipinski definition) is 4. The molecule has 14 heavy (non-hydrogen) atoms. The zero-order valence-electron chi connectivity index (χ0n) is 7.46. The number of benzene rings is 1. The molecule has 0 bridgehead atoms. The molecule has 0 fully saturated rings. The lowest BCUT2D eigenvalue weighted by Gasteiger charge is -2.04. The highest BCUT2D eigenvalue weighted by molar-refractivity contribution is 5.16. The molecule has 0 aliphatic carbocycles. The van der Waals surface area contributed by atoms with E-state index in [9.17, 15) is 5.11 Å². The number of nitrogens with one attached hydrogen (secondary N) is 1. The number of rotatable bonds is 3. The summed E-state index contributed by atoms with van der Waals surface area (Å²) in [4.78, 5) is 0. The predicted molar refractivity (Wildman–Crippen MR) is 49.3 cm³/mol. The lowest BCUT2D eigenvalue weighted by atomic mass is 10.1. The van der Waals surface area contributed by atoms with Crippen LogP contribution in [0, 0.1) is 0 Å². The Morgan fingerprint density at radius 1 is 1.29 bits per heavy atom. The molecule has 1 heterocycles. The first-order chi connectivity index (χ1) is 6.86. The lowest BCUT2D eigenvalue weighted by Crippen LogP contribution is -2.03. The van der Waals surface area contributed by atoms with Crippen LogP contribution in [0.4, 0.5) is 0 Å². The summed E-state index contributed by atoms with van der Waals surface area (Å²) in [5.74, 6) is 0.328. The van der Waals surface area contributed by atoms with E-state index in [4.69, 9.17) is 0 Å². The average molecular weight is 190 g/mol. The third-order valence-corrected chi connectivity index (χ3v) is 1.93. The molecule has 0 aliphatic heterocycles. The van der Waals surface area contributed by atoms with Gasteiger partial charge in [-0.1, -0.05) is 35.5 Å². The Hall–Kier alpha value is -1.75. The molecule has 0 spiro atoms. The van der Waals surface area contributed by atoms with Crippen molar-refractivity contribution in [3.05, 3.63) is 41.7 Å². The van der Waals surface area contributed by atoms with Crippen molar-refractivity contribution in [2.75, 3.05) is 0 Å². The maximum atomic E-state index is 9.68. The molecule has 5 nitrogen and oxygen atoms in total. The van der Waals surface area contributed by atoms with Crippen molar-refractivity contribution in [3.8, 4) is 0 Å². The Labute approximate surface area is 80.8 Å². The summed E-state index contributed by atoms with van der Waals surface area (Å²) >= 11 is 0. The Morgan fingerprint density at radius 2 is 2.07 bits per heavy atom. The highest BCUT2D eigenvalue weighted by Gasteiger charge is 2.12. The Balaban J connectivity index is 2.06. The lowest BCUT2D eigenvalue weighted by molar-refractivity contribution is 0.168. The number of nitrogens with zero attached hydrogens (tertiary/aromatic N) is 3. The van der Waals surface area contributed by atoms with Crippen LogP contribution in [0.5, 0.6) is 0 Å². The van der Waals surface area contributed by atoms with Gasteiger partial charge in [0.05, 0.1) is 0 Å². The summed E-state index contributed by atoms with van der Waals surface area (Å²) in [6.07, 6.45) is -0.198. The van der Waals surface area contributed by atoms with Gasteiger partial charge in [0, 0.05) is 6.42 Å². The van der Waals surface area contributed by atoms with Crippen LogP contribution in [0.1, 0.15) is 17.5 Å². The SMILES string of the molecule is O[C@H](Cc1ccccc1)c1nn[nH]n1. The van der Waals surface area contributed by atoms with E-state index in [1.165, 1.54) is 0 Å². The van der Waals surface area contributed by atoms with Gasteiger partial charge >= 0.3 is 0 Å².